The first-order chi connectivity index (χ1) is 27.2. The van der Waals surface area contributed by atoms with E-state index in [0.29, 0.717) is 25.0 Å². The number of allylic oxidation sites excluding steroid dienone is 1. The molecule has 4 aromatic rings. The van der Waals surface area contributed by atoms with E-state index in [-0.39, 0.29) is 58.0 Å². The summed E-state index contributed by atoms with van der Waals surface area (Å²) in [5.74, 6) is 2.50. The van der Waals surface area contributed by atoms with Crippen LogP contribution in [0.15, 0.2) is 73.0 Å². The zero-order chi connectivity index (χ0) is 40.1. The van der Waals surface area contributed by atoms with E-state index in [4.69, 9.17) is 24.3 Å². The van der Waals surface area contributed by atoms with Gasteiger partial charge in [0, 0.05) is 35.0 Å². The van der Waals surface area contributed by atoms with Crippen LogP contribution in [-0.2, 0) is 20.9 Å². The average molecular weight is 776 g/mol. The highest BCUT2D eigenvalue weighted by Gasteiger charge is 2.72. The van der Waals surface area contributed by atoms with E-state index >= 15 is 0 Å². The quantitative estimate of drug-likeness (QED) is 0.140. The SMILES string of the molecule is COc1ccc(COC(=O)[C@@H]2[C@@](C)([C@H](C)C(C)C)CC[C@]3(C)[C@H]4CC[C@@H]5[C@@]6(COC[C@]5(C)[C@@H](O)[C@H](n5ncnc5-c5ccn7ccnc7c5)C6)C4=CC[C@@]23C)cc1. The van der Waals surface area contributed by atoms with Crippen molar-refractivity contribution in [2.75, 3.05) is 20.3 Å². The van der Waals surface area contributed by atoms with E-state index in [1.807, 2.05) is 51.8 Å². The van der Waals surface area contributed by atoms with Gasteiger partial charge < -0.3 is 23.7 Å². The van der Waals surface area contributed by atoms with Crippen molar-refractivity contribution in [2.24, 2.45) is 56.7 Å². The van der Waals surface area contributed by atoms with Gasteiger partial charge >= 0.3 is 5.97 Å². The zero-order valence-corrected chi connectivity index (χ0v) is 35.1. The minimum atomic E-state index is -0.661. The summed E-state index contributed by atoms with van der Waals surface area (Å²) in [6.45, 7) is 17.9. The summed E-state index contributed by atoms with van der Waals surface area (Å²) in [4.78, 5) is 24.2. The molecule has 57 heavy (non-hydrogen) atoms. The van der Waals surface area contributed by atoms with Gasteiger partial charge in [-0.05, 0) is 108 Å². The van der Waals surface area contributed by atoms with Crippen molar-refractivity contribution in [2.45, 2.75) is 106 Å². The van der Waals surface area contributed by atoms with E-state index in [9.17, 15) is 9.90 Å². The molecule has 11 atom stereocenters. The number of pyridine rings is 1. The van der Waals surface area contributed by atoms with Crippen molar-refractivity contribution in [3.05, 3.63) is 78.5 Å². The molecule has 3 saturated carbocycles. The second-order valence-corrected chi connectivity index (χ2v) is 19.8. The average Bonchev–Trinajstić information content (AvgIpc) is 3.89. The Hall–Kier alpha value is -4.02. The normalized spacial score (nSPS) is 37.8. The lowest BCUT2D eigenvalue weighted by atomic mass is 9.34. The fraction of sp³-hybridized carbons (Fsp3) is 0.617. The Kier molecular flexibility index (Phi) is 9.13. The standard InChI is InChI=1S/C47H61N5O5/c1-29(2)30(3)43(4)18-19-45(6)34-13-14-37-44(5)26-56-27-47(37,24-36(40(44)53)52-41(49-28-50-52)32-16-21-51-22-20-48-38(51)23-32)35(34)15-17-46(45,7)39(43)42(54)57-25-31-9-11-33(55-8)12-10-31/h9-12,15-16,20-23,28-30,34,36-37,39-40,53H,13-14,17-19,24-27H2,1-8H3/t30-,34+,36-,37+,39-,40+,43-,44+,45-,46+,47+/m1/s1. The molecule has 5 aliphatic rings. The summed E-state index contributed by atoms with van der Waals surface area (Å²) >= 11 is 0. The molecule has 10 nitrogen and oxygen atoms in total. The number of ether oxygens (including phenoxy) is 3. The Morgan fingerprint density at radius 2 is 1.79 bits per heavy atom. The molecule has 4 fully saturated rings. The number of aliphatic hydroxyl groups excluding tert-OH is 1. The maximum atomic E-state index is 14.9. The first-order valence-electron chi connectivity index (χ1n) is 21.3. The van der Waals surface area contributed by atoms with Crippen LogP contribution in [0.5, 0.6) is 5.75 Å². The molecule has 2 bridgehead atoms. The fourth-order valence-electron chi connectivity index (χ4n) is 13.5. The van der Waals surface area contributed by atoms with Gasteiger partial charge in [-0.2, -0.15) is 5.10 Å². The van der Waals surface area contributed by atoms with Crippen LogP contribution in [0.4, 0.5) is 0 Å². The largest absolute Gasteiger partial charge is 0.497 e. The molecule has 0 radical (unpaired) electrons. The summed E-state index contributed by atoms with van der Waals surface area (Å²) in [5, 5.41) is 17.3. The van der Waals surface area contributed by atoms with Crippen LogP contribution in [0.2, 0.25) is 0 Å². The number of aromatic nitrogens is 5. The predicted molar refractivity (Wildman–Crippen MR) is 218 cm³/mol. The van der Waals surface area contributed by atoms with Gasteiger partial charge in [0.25, 0.3) is 0 Å². The maximum absolute atomic E-state index is 14.9. The number of aliphatic hydroxyl groups is 1. The van der Waals surface area contributed by atoms with Gasteiger partial charge in [-0.25, -0.2) is 14.6 Å². The smallest absolute Gasteiger partial charge is 0.310 e. The lowest BCUT2D eigenvalue weighted by Crippen LogP contribution is -2.68. The number of esters is 1. The van der Waals surface area contributed by atoms with Crippen LogP contribution in [-0.4, -0.2) is 61.7 Å². The molecule has 9 rings (SSSR count). The maximum Gasteiger partial charge on any atom is 0.310 e. The first kappa shape index (κ1) is 38.5. The fourth-order valence-corrected chi connectivity index (χ4v) is 13.5. The molecule has 304 valence electrons. The molecule has 1 aliphatic heterocycles. The number of methoxy groups -OCH3 is 1. The molecular weight excluding hydrogens is 715 g/mol. The van der Waals surface area contributed by atoms with Gasteiger partial charge in [-0.15, -0.1) is 0 Å². The van der Waals surface area contributed by atoms with Crippen molar-refractivity contribution in [1.29, 1.82) is 0 Å². The van der Waals surface area contributed by atoms with E-state index in [2.05, 4.69) is 65.6 Å². The highest BCUT2D eigenvalue weighted by Crippen LogP contribution is 2.75. The van der Waals surface area contributed by atoms with Gasteiger partial charge in [0.2, 0.25) is 0 Å². The van der Waals surface area contributed by atoms with Crippen molar-refractivity contribution < 1.29 is 24.1 Å². The molecule has 1 N–H and O–H groups in total. The van der Waals surface area contributed by atoms with Crippen LogP contribution in [0.1, 0.15) is 98.6 Å². The van der Waals surface area contributed by atoms with Crippen molar-refractivity contribution >= 4 is 11.6 Å². The number of benzene rings is 1. The Labute approximate surface area is 337 Å². The number of imidazole rings is 1. The van der Waals surface area contributed by atoms with Gasteiger partial charge in [-0.1, -0.05) is 72.2 Å². The van der Waals surface area contributed by atoms with Gasteiger partial charge in [-0.3, -0.25) is 4.79 Å². The number of hydrogen-bond acceptors (Lipinski definition) is 8. The summed E-state index contributed by atoms with van der Waals surface area (Å²) in [6.07, 6.45) is 14.8. The third-order valence-electron chi connectivity index (χ3n) is 17.2. The molecule has 10 heteroatoms. The minimum Gasteiger partial charge on any atom is -0.497 e. The van der Waals surface area contributed by atoms with Gasteiger partial charge in [0.1, 0.15) is 24.3 Å². The van der Waals surface area contributed by atoms with Gasteiger partial charge in [0.15, 0.2) is 5.82 Å². The van der Waals surface area contributed by atoms with Crippen LogP contribution in [0.3, 0.4) is 0 Å². The van der Waals surface area contributed by atoms with Crippen molar-refractivity contribution in [3.8, 4) is 17.1 Å². The van der Waals surface area contributed by atoms with E-state index in [1.165, 1.54) is 5.57 Å². The molecule has 3 aromatic heterocycles. The molecule has 1 saturated heterocycles. The number of nitrogens with zero attached hydrogens (tertiary/aromatic N) is 5. The number of rotatable bonds is 8. The van der Waals surface area contributed by atoms with Crippen LogP contribution >= 0.6 is 0 Å². The molecule has 1 aromatic carbocycles. The number of fused-ring (bicyclic) bond motifs is 4. The van der Waals surface area contributed by atoms with Crippen LogP contribution < -0.4 is 4.74 Å². The number of carbonyl (C=O) groups is 1. The van der Waals surface area contributed by atoms with E-state index in [1.54, 1.807) is 19.6 Å². The Bertz CT molecular complexity index is 2190. The monoisotopic (exact) mass is 775 g/mol. The molecule has 0 unspecified atom stereocenters. The summed E-state index contributed by atoms with van der Waals surface area (Å²) < 4.78 is 22.4. The molecule has 4 aliphatic carbocycles. The molecule has 4 heterocycles. The Morgan fingerprint density at radius 3 is 2.54 bits per heavy atom. The lowest BCUT2D eigenvalue weighted by Gasteiger charge is -2.71. The van der Waals surface area contributed by atoms with Crippen LogP contribution in [0, 0.1) is 56.7 Å². The third-order valence-corrected chi connectivity index (χ3v) is 17.2. The first-order valence-corrected chi connectivity index (χ1v) is 21.3. The topological polar surface area (TPSA) is 113 Å². The second kappa shape index (κ2) is 13.5. The zero-order valence-electron chi connectivity index (χ0n) is 35.1. The predicted octanol–water partition coefficient (Wildman–Crippen LogP) is 8.75. The highest BCUT2D eigenvalue weighted by molar-refractivity contribution is 5.75. The highest BCUT2D eigenvalue weighted by atomic mass is 16.5. The van der Waals surface area contributed by atoms with E-state index < -0.39 is 11.5 Å². The Morgan fingerprint density at radius 1 is 1.00 bits per heavy atom. The molecule has 0 spiro atoms. The van der Waals surface area contributed by atoms with Crippen molar-refractivity contribution in [1.82, 2.24) is 24.1 Å². The second-order valence-electron chi connectivity index (χ2n) is 19.8. The Balaban J connectivity index is 1.10. The summed E-state index contributed by atoms with van der Waals surface area (Å²) in [7, 11) is 1.66. The summed E-state index contributed by atoms with van der Waals surface area (Å²) in [6, 6.07) is 11.6. The number of carbonyl (C=O) groups excluding carboxylic acids is 1. The molecule has 0 amide bonds. The third kappa shape index (κ3) is 5.48. The van der Waals surface area contributed by atoms with Crippen molar-refractivity contribution in [3.63, 3.8) is 0 Å². The van der Waals surface area contributed by atoms with E-state index in [0.717, 1.165) is 66.9 Å². The molecular formula is C47H61N5O5. The lowest BCUT2D eigenvalue weighted by molar-refractivity contribution is -0.241. The van der Waals surface area contributed by atoms with Crippen LogP contribution in [0.25, 0.3) is 17.0 Å². The minimum absolute atomic E-state index is 0.0698. The summed E-state index contributed by atoms with van der Waals surface area (Å²) in [5.41, 5.74) is 2.80. The number of hydrogen-bond donors (Lipinski definition) is 1. The van der Waals surface area contributed by atoms with Gasteiger partial charge in [0.05, 0.1) is 38.4 Å².